The van der Waals surface area contributed by atoms with Crippen LogP contribution in [0.2, 0.25) is 0 Å². The van der Waals surface area contributed by atoms with Crippen LogP contribution < -0.4 is 10.6 Å². The SMILES string of the molecule is C[N+](C)(C)CCNc1ccc(O)c2c1C(=O)c1c(O)ccc(NCC[N+](C)(C)C)c1C2=O. The average molecular weight is 443 g/mol. The Labute approximate surface area is 189 Å². The van der Waals surface area contributed by atoms with Crippen LogP contribution in [0.4, 0.5) is 11.4 Å². The van der Waals surface area contributed by atoms with Gasteiger partial charge in [-0.2, -0.15) is 0 Å². The first kappa shape index (κ1) is 23.6. The van der Waals surface area contributed by atoms with Gasteiger partial charge in [0.05, 0.1) is 90.7 Å². The van der Waals surface area contributed by atoms with Crippen LogP contribution in [-0.2, 0) is 0 Å². The Morgan fingerprint density at radius 1 is 0.625 bits per heavy atom. The number of carbonyl (C=O) groups is 2. The Morgan fingerprint density at radius 3 is 1.28 bits per heavy atom. The molecule has 0 fully saturated rings. The van der Waals surface area contributed by atoms with Crippen molar-refractivity contribution in [3.8, 4) is 11.5 Å². The van der Waals surface area contributed by atoms with Gasteiger partial charge in [0.2, 0.25) is 11.6 Å². The molecule has 0 heterocycles. The van der Waals surface area contributed by atoms with Crippen LogP contribution in [0.1, 0.15) is 31.8 Å². The summed E-state index contributed by atoms with van der Waals surface area (Å²) in [5.41, 5.74) is 1.08. The number of anilines is 2. The van der Waals surface area contributed by atoms with E-state index in [0.29, 0.717) is 24.5 Å². The van der Waals surface area contributed by atoms with E-state index >= 15 is 0 Å². The summed E-state index contributed by atoms with van der Waals surface area (Å²) in [6, 6.07) is 6.05. The molecule has 0 saturated carbocycles. The highest BCUT2D eigenvalue weighted by Crippen LogP contribution is 2.42. The van der Waals surface area contributed by atoms with Crippen LogP contribution in [0, 0.1) is 0 Å². The number of hydrogen-bond donors (Lipinski definition) is 4. The third-order valence-corrected chi connectivity index (χ3v) is 5.47. The molecule has 0 spiro atoms. The van der Waals surface area contributed by atoms with Gasteiger partial charge in [0.1, 0.15) is 11.5 Å². The van der Waals surface area contributed by atoms with Crippen LogP contribution in [0.5, 0.6) is 11.5 Å². The summed E-state index contributed by atoms with van der Waals surface area (Å²) in [6.45, 7) is 2.74. The first-order valence-corrected chi connectivity index (χ1v) is 10.7. The monoisotopic (exact) mass is 442 g/mol. The van der Waals surface area contributed by atoms with Gasteiger partial charge in [-0.15, -0.1) is 0 Å². The summed E-state index contributed by atoms with van der Waals surface area (Å²) in [5, 5.41) is 27.5. The molecule has 172 valence electrons. The van der Waals surface area contributed by atoms with Gasteiger partial charge in [-0.3, -0.25) is 9.59 Å². The number of benzene rings is 2. The van der Waals surface area contributed by atoms with Gasteiger partial charge < -0.3 is 29.8 Å². The molecule has 0 bridgehead atoms. The fourth-order valence-electron chi connectivity index (χ4n) is 3.71. The smallest absolute Gasteiger partial charge is 0.200 e. The third-order valence-electron chi connectivity index (χ3n) is 5.47. The molecule has 0 aromatic heterocycles. The van der Waals surface area contributed by atoms with Crippen LogP contribution >= 0.6 is 0 Å². The largest absolute Gasteiger partial charge is 0.507 e. The maximum Gasteiger partial charge on any atom is 0.200 e. The maximum absolute atomic E-state index is 13.5. The molecule has 0 unspecified atom stereocenters. The van der Waals surface area contributed by atoms with Crippen molar-refractivity contribution in [3.05, 3.63) is 46.5 Å². The minimum absolute atomic E-state index is 0.0296. The molecule has 0 amide bonds. The van der Waals surface area contributed by atoms with E-state index in [1.807, 2.05) is 0 Å². The molecular weight excluding hydrogens is 408 g/mol. The Bertz CT molecular complexity index is 980. The molecule has 0 radical (unpaired) electrons. The molecule has 32 heavy (non-hydrogen) atoms. The number of fused-ring (bicyclic) bond motifs is 2. The molecule has 2 aromatic rings. The van der Waals surface area contributed by atoms with Gasteiger partial charge in [-0.05, 0) is 24.3 Å². The van der Waals surface area contributed by atoms with E-state index in [0.717, 1.165) is 22.1 Å². The Kier molecular flexibility index (Phi) is 6.22. The summed E-state index contributed by atoms with van der Waals surface area (Å²) in [4.78, 5) is 27.0. The number of likely N-dealkylation sites (N-methyl/N-ethyl adjacent to an activating group) is 2. The highest BCUT2D eigenvalue weighted by molar-refractivity contribution is 6.33. The molecule has 4 N–H and O–H groups in total. The fourth-order valence-corrected chi connectivity index (χ4v) is 3.71. The minimum Gasteiger partial charge on any atom is -0.507 e. The first-order chi connectivity index (χ1) is 14.8. The van der Waals surface area contributed by atoms with Crippen LogP contribution in [-0.4, -0.2) is 99.2 Å². The van der Waals surface area contributed by atoms with E-state index in [1.54, 1.807) is 12.1 Å². The van der Waals surface area contributed by atoms with E-state index in [1.165, 1.54) is 12.1 Å². The predicted octanol–water partition coefficient (Wildman–Crippen LogP) is 2.11. The van der Waals surface area contributed by atoms with Crippen molar-refractivity contribution in [3.63, 3.8) is 0 Å². The summed E-state index contributed by atoms with van der Waals surface area (Å²) in [5.74, 6) is -1.46. The predicted molar refractivity (Wildman–Crippen MR) is 126 cm³/mol. The molecule has 3 rings (SSSR count). The molecule has 1 aliphatic rings. The molecule has 0 aliphatic heterocycles. The van der Waals surface area contributed by atoms with E-state index < -0.39 is 11.6 Å². The van der Waals surface area contributed by atoms with Crippen molar-refractivity contribution in [1.82, 2.24) is 0 Å². The fraction of sp³-hybridized carbons (Fsp3) is 0.417. The van der Waals surface area contributed by atoms with Crippen LogP contribution in [0.15, 0.2) is 24.3 Å². The zero-order valence-corrected chi connectivity index (χ0v) is 19.7. The van der Waals surface area contributed by atoms with E-state index in [9.17, 15) is 19.8 Å². The molecule has 1 aliphatic carbocycles. The summed E-state index contributed by atoms with van der Waals surface area (Å²) in [7, 11) is 12.4. The van der Waals surface area contributed by atoms with Crippen molar-refractivity contribution in [2.75, 3.05) is 79.1 Å². The van der Waals surface area contributed by atoms with Crippen molar-refractivity contribution < 1.29 is 28.8 Å². The van der Waals surface area contributed by atoms with Gasteiger partial charge >= 0.3 is 0 Å². The average Bonchev–Trinajstić information content (AvgIpc) is 2.66. The second kappa shape index (κ2) is 8.44. The summed E-state index contributed by atoms with van der Waals surface area (Å²) >= 11 is 0. The standard InChI is InChI=1S/C24H32N4O4/c1-27(2,3)13-11-25-15-7-9-17(29)21-19(15)23(31)22-18(30)10-8-16(20(22)24(21)32)26-12-14-28(4,5)6/h7-10H,11-14H2,1-6H3,(H2-2,25,26,29,30,31,32)/p+2. The van der Waals surface area contributed by atoms with Crippen LogP contribution in [0.25, 0.3) is 0 Å². The lowest BCUT2D eigenvalue weighted by molar-refractivity contribution is -0.868. The normalized spacial score (nSPS) is 13.6. The topological polar surface area (TPSA) is 98.7 Å². The number of hydrogen-bond acceptors (Lipinski definition) is 6. The lowest BCUT2D eigenvalue weighted by Crippen LogP contribution is -2.39. The number of ketones is 2. The Balaban J connectivity index is 2.03. The quantitative estimate of drug-likeness (QED) is 0.315. The lowest BCUT2D eigenvalue weighted by Gasteiger charge is -2.27. The number of nitrogens with one attached hydrogen (secondary N) is 2. The summed E-state index contributed by atoms with van der Waals surface area (Å²) < 4.78 is 1.46. The first-order valence-electron chi connectivity index (χ1n) is 10.7. The van der Waals surface area contributed by atoms with Crippen molar-refractivity contribution >= 4 is 22.9 Å². The van der Waals surface area contributed by atoms with E-state index in [2.05, 4.69) is 52.9 Å². The van der Waals surface area contributed by atoms with Gasteiger partial charge in [-0.1, -0.05) is 0 Å². The zero-order chi connectivity index (χ0) is 23.8. The lowest BCUT2D eigenvalue weighted by atomic mass is 9.81. The van der Waals surface area contributed by atoms with Crippen molar-refractivity contribution in [2.24, 2.45) is 0 Å². The van der Waals surface area contributed by atoms with Gasteiger partial charge in [0, 0.05) is 11.4 Å². The highest BCUT2D eigenvalue weighted by atomic mass is 16.3. The second-order valence-corrected chi connectivity index (χ2v) is 10.3. The number of phenolic OH excluding ortho intramolecular Hbond substituents is 2. The van der Waals surface area contributed by atoms with Gasteiger partial charge in [0.15, 0.2) is 0 Å². The maximum atomic E-state index is 13.5. The molecular formula is C24H34N4O4+2. The van der Waals surface area contributed by atoms with E-state index in [4.69, 9.17) is 0 Å². The third kappa shape index (κ3) is 4.87. The number of phenols is 2. The van der Waals surface area contributed by atoms with Gasteiger partial charge in [0.25, 0.3) is 0 Å². The Morgan fingerprint density at radius 2 is 0.969 bits per heavy atom. The van der Waals surface area contributed by atoms with Gasteiger partial charge in [-0.25, -0.2) is 0 Å². The number of aromatic hydroxyl groups is 2. The second-order valence-electron chi connectivity index (χ2n) is 10.3. The minimum atomic E-state index is -0.481. The number of rotatable bonds is 8. The van der Waals surface area contributed by atoms with E-state index in [-0.39, 0.29) is 33.8 Å². The highest BCUT2D eigenvalue weighted by Gasteiger charge is 2.38. The number of quaternary nitrogens is 2. The molecule has 0 saturated heterocycles. The molecule has 0 atom stereocenters. The Hall–Kier alpha value is -3.10. The zero-order valence-electron chi connectivity index (χ0n) is 19.7. The number of carbonyl (C=O) groups excluding carboxylic acids is 2. The number of nitrogens with zero attached hydrogens (tertiary/aromatic N) is 2. The molecule has 2 aromatic carbocycles. The molecule has 8 heteroatoms. The van der Waals surface area contributed by atoms with Crippen molar-refractivity contribution in [2.45, 2.75) is 0 Å². The van der Waals surface area contributed by atoms with Crippen molar-refractivity contribution in [1.29, 1.82) is 0 Å². The van der Waals surface area contributed by atoms with Crippen LogP contribution in [0.3, 0.4) is 0 Å². The summed E-state index contributed by atoms with van der Waals surface area (Å²) in [6.07, 6.45) is 0. The molecule has 8 nitrogen and oxygen atoms in total.